The normalized spacial score (nSPS) is 11.8. The highest BCUT2D eigenvalue weighted by Gasteiger charge is 2.17. The monoisotopic (exact) mass is 368 g/mol. The SMILES string of the molecule is Cc1cc(NC(=O)C(C)SCC(=O)OCc2ccc(Cl)cc2)no1. The van der Waals surface area contributed by atoms with E-state index in [1.165, 1.54) is 11.8 Å². The van der Waals surface area contributed by atoms with E-state index in [1.54, 1.807) is 44.2 Å². The van der Waals surface area contributed by atoms with E-state index < -0.39 is 5.25 Å². The summed E-state index contributed by atoms with van der Waals surface area (Å²) in [7, 11) is 0. The maximum absolute atomic E-state index is 12.0. The number of rotatable bonds is 7. The third-order valence-corrected chi connectivity index (χ3v) is 4.38. The fourth-order valence-electron chi connectivity index (χ4n) is 1.71. The van der Waals surface area contributed by atoms with Gasteiger partial charge in [0, 0.05) is 11.1 Å². The molecule has 0 fully saturated rings. The molecule has 0 saturated heterocycles. The minimum Gasteiger partial charge on any atom is -0.460 e. The number of amides is 1. The molecular formula is C16H17ClN2O4S. The van der Waals surface area contributed by atoms with Crippen molar-refractivity contribution in [3.05, 3.63) is 46.7 Å². The average Bonchev–Trinajstić information content (AvgIpc) is 2.96. The molecule has 0 aliphatic carbocycles. The van der Waals surface area contributed by atoms with Crippen LogP contribution in [0.4, 0.5) is 5.82 Å². The van der Waals surface area contributed by atoms with Gasteiger partial charge in [-0.1, -0.05) is 28.9 Å². The number of aromatic nitrogens is 1. The second kappa shape index (κ2) is 8.75. The largest absolute Gasteiger partial charge is 0.460 e. The second-order valence-corrected chi connectivity index (χ2v) is 6.82. The molecule has 1 atom stereocenters. The molecule has 24 heavy (non-hydrogen) atoms. The lowest BCUT2D eigenvalue weighted by Crippen LogP contribution is -2.24. The van der Waals surface area contributed by atoms with Gasteiger partial charge in [0.05, 0.1) is 11.0 Å². The Hall–Kier alpha value is -1.99. The predicted molar refractivity (Wildman–Crippen MR) is 93.0 cm³/mol. The smallest absolute Gasteiger partial charge is 0.316 e. The molecule has 1 amide bonds. The highest BCUT2D eigenvalue weighted by molar-refractivity contribution is 8.01. The van der Waals surface area contributed by atoms with E-state index in [1.807, 2.05) is 0 Å². The zero-order valence-corrected chi connectivity index (χ0v) is 14.8. The third kappa shape index (κ3) is 5.90. The van der Waals surface area contributed by atoms with E-state index in [4.69, 9.17) is 20.9 Å². The minimum absolute atomic E-state index is 0.0834. The topological polar surface area (TPSA) is 81.4 Å². The lowest BCUT2D eigenvalue weighted by atomic mass is 10.2. The highest BCUT2D eigenvalue weighted by atomic mass is 35.5. The van der Waals surface area contributed by atoms with Crippen molar-refractivity contribution in [2.24, 2.45) is 0 Å². The number of carbonyl (C=O) groups is 2. The van der Waals surface area contributed by atoms with Gasteiger partial charge >= 0.3 is 5.97 Å². The molecule has 2 aromatic rings. The number of nitrogens with zero attached hydrogens (tertiary/aromatic N) is 1. The number of aryl methyl sites for hydroxylation is 1. The molecule has 1 unspecified atom stereocenters. The molecule has 1 heterocycles. The maximum atomic E-state index is 12.0. The molecule has 0 radical (unpaired) electrons. The van der Waals surface area contributed by atoms with Crippen molar-refractivity contribution in [2.45, 2.75) is 25.7 Å². The Labute approximate surface area is 148 Å². The number of hydrogen-bond acceptors (Lipinski definition) is 6. The Bertz CT molecular complexity index is 702. The first-order chi connectivity index (χ1) is 11.4. The van der Waals surface area contributed by atoms with Crippen LogP contribution in [0.15, 0.2) is 34.9 Å². The number of hydrogen-bond donors (Lipinski definition) is 1. The van der Waals surface area contributed by atoms with Crippen molar-refractivity contribution in [3.8, 4) is 0 Å². The molecule has 2 rings (SSSR count). The first kappa shape index (κ1) is 18.4. The Kier molecular flexibility index (Phi) is 6.69. The van der Waals surface area contributed by atoms with Crippen LogP contribution in [-0.2, 0) is 20.9 Å². The number of benzene rings is 1. The van der Waals surface area contributed by atoms with Crippen LogP contribution in [0.5, 0.6) is 0 Å². The molecule has 1 N–H and O–H groups in total. The van der Waals surface area contributed by atoms with Crippen molar-refractivity contribution >= 4 is 41.1 Å². The lowest BCUT2D eigenvalue weighted by molar-refractivity contribution is -0.141. The number of esters is 1. The van der Waals surface area contributed by atoms with Crippen LogP contribution >= 0.6 is 23.4 Å². The van der Waals surface area contributed by atoms with Crippen LogP contribution in [0.25, 0.3) is 0 Å². The van der Waals surface area contributed by atoms with Crippen LogP contribution in [-0.4, -0.2) is 28.0 Å². The van der Waals surface area contributed by atoms with Gasteiger partial charge in [-0.05, 0) is 31.5 Å². The van der Waals surface area contributed by atoms with Crippen molar-refractivity contribution in [2.75, 3.05) is 11.1 Å². The van der Waals surface area contributed by atoms with Gasteiger partial charge in [-0.3, -0.25) is 9.59 Å². The standard InChI is InChI=1S/C16H17ClN2O4S/c1-10-7-14(19-23-10)18-16(21)11(2)24-9-15(20)22-8-12-3-5-13(17)6-4-12/h3-7,11H,8-9H2,1-2H3,(H,18,19,21). The van der Waals surface area contributed by atoms with Crippen molar-refractivity contribution < 1.29 is 18.8 Å². The van der Waals surface area contributed by atoms with Gasteiger partial charge in [0.15, 0.2) is 5.82 Å². The van der Waals surface area contributed by atoms with E-state index in [0.717, 1.165) is 5.56 Å². The summed E-state index contributed by atoms with van der Waals surface area (Å²) in [6, 6.07) is 8.67. The number of halogens is 1. The molecule has 0 spiro atoms. The Morgan fingerprint density at radius 1 is 1.38 bits per heavy atom. The van der Waals surface area contributed by atoms with Gasteiger partial charge in [0.1, 0.15) is 12.4 Å². The second-order valence-electron chi connectivity index (χ2n) is 5.05. The van der Waals surface area contributed by atoms with Gasteiger partial charge in [0.25, 0.3) is 0 Å². The summed E-state index contributed by atoms with van der Waals surface area (Å²) in [5.74, 6) is 0.414. The summed E-state index contributed by atoms with van der Waals surface area (Å²) in [5, 5.41) is 6.51. The number of thioether (sulfide) groups is 1. The Morgan fingerprint density at radius 2 is 2.08 bits per heavy atom. The number of carbonyl (C=O) groups excluding carboxylic acids is 2. The lowest BCUT2D eigenvalue weighted by Gasteiger charge is -2.10. The molecule has 128 valence electrons. The summed E-state index contributed by atoms with van der Waals surface area (Å²) in [5.41, 5.74) is 0.852. The summed E-state index contributed by atoms with van der Waals surface area (Å²) < 4.78 is 10.0. The highest BCUT2D eigenvalue weighted by Crippen LogP contribution is 2.15. The molecule has 0 aliphatic heterocycles. The first-order valence-electron chi connectivity index (χ1n) is 7.20. The molecule has 6 nitrogen and oxygen atoms in total. The van der Waals surface area contributed by atoms with Crippen LogP contribution in [0, 0.1) is 6.92 Å². The Balaban J connectivity index is 1.70. The molecule has 0 bridgehead atoms. The van der Waals surface area contributed by atoms with Crippen molar-refractivity contribution in [3.63, 3.8) is 0 Å². The zero-order valence-electron chi connectivity index (χ0n) is 13.2. The van der Waals surface area contributed by atoms with Gasteiger partial charge in [-0.15, -0.1) is 11.8 Å². The predicted octanol–water partition coefficient (Wildman–Crippen LogP) is 3.44. The van der Waals surface area contributed by atoms with Gasteiger partial charge in [-0.25, -0.2) is 0 Å². The molecule has 1 aromatic carbocycles. The van der Waals surface area contributed by atoms with Crippen molar-refractivity contribution in [1.29, 1.82) is 0 Å². The van der Waals surface area contributed by atoms with E-state index in [0.29, 0.717) is 16.6 Å². The van der Waals surface area contributed by atoms with Crippen LogP contribution in [0.3, 0.4) is 0 Å². The molecular weight excluding hydrogens is 352 g/mol. The molecule has 8 heteroatoms. The summed E-state index contributed by atoms with van der Waals surface area (Å²) >= 11 is 6.98. The van der Waals surface area contributed by atoms with Crippen LogP contribution < -0.4 is 5.32 Å². The minimum atomic E-state index is -0.426. The quantitative estimate of drug-likeness (QED) is 0.754. The van der Waals surface area contributed by atoms with Gasteiger partial charge < -0.3 is 14.6 Å². The van der Waals surface area contributed by atoms with E-state index in [2.05, 4.69) is 10.5 Å². The van der Waals surface area contributed by atoms with E-state index >= 15 is 0 Å². The first-order valence-corrected chi connectivity index (χ1v) is 8.62. The average molecular weight is 369 g/mol. The molecule has 0 aliphatic rings. The number of ether oxygens (including phenoxy) is 1. The number of anilines is 1. The summed E-state index contributed by atoms with van der Waals surface area (Å²) in [6.07, 6.45) is 0. The molecule has 0 saturated carbocycles. The fourth-order valence-corrected chi connectivity index (χ4v) is 2.51. The van der Waals surface area contributed by atoms with Crippen LogP contribution in [0.2, 0.25) is 5.02 Å². The van der Waals surface area contributed by atoms with Gasteiger partial charge in [-0.2, -0.15) is 0 Å². The Morgan fingerprint density at radius 3 is 2.71 bits per heavy atom. The maximum Gasteiger partial charge on any atom is 0.316 e. The zero-order chi connectivity index (χ0) is 17.5. The summed E-state index contributed by atoms with van der Waals surface area (Å²) in [6.45, 7) is 3.62. The van der Waals surface area contributed by atoms with Gasteiger partial charge in [0.2, 0.25) is 5.91 Å². The fraction of sp³-hybridized carbons (Fsp3) is 0.312. The van der Waals surface area contributed by atoms with Crippen molar-refractivity contribution in [1.82, 2.24) is 5.16 Å². The number of nitrogens with one attached hydrogen (secondary N) is 1. The third-order valence-electron chi connectivity index (χ3n) is 3.01. The summed E-state index contributed by atoms with van der Waals surface area (Å²) in [4.78, 5) is 23.7. The molecule has 1 aromatic heterocycles. The van der Waals surface area contributed by atoms with Crippen LogP contribution in [0.1, 0.15) is 18.2 Å². The van der Waals surface area contributed by atoms with E-state index in [-0.39, 0.29) is 24.2 Å². The van der Waals surface area contributed by atoms with E-state index in [9.17, 15) is 9.59 Å².